The van der Waals surface area contributed by atoms with E-state index in [0.717, 1.165) is 17.8 Å². The molecular weight excluding hydrogens is 441 g/mol. The molecule has 4 rings (SSSR count). The molecule has 5 nitrogen and oxygen atoms in total. The maximum atomic E-state index is 13.0. The van der Waals surface area contributed by atoms with Crippen molar-refractivity contribution in [3.63, 3.8) is 0 Å². The van der Waals surface area contributed by atoms with Crippen LogP contribution in [0, 0.1) is 0 Å². The van der Waals surface area contributed by atoms with Crippen molar-refractivity contribution in [1.29, 1.82) is 0 Å². The summed E-state index contributed by atoms with van der Waals surface area (Å²) in [5.41, 5.74) is 1.84. The Labute approximate surface area is 187 Å². The van der Waals surface area contributed by atoms with Gasteiger partial charge in [0.05, 0.1) is 16.9 Å². The third-order valence-electron chi connectivity index (χ3n) is 4.93. The molecule has 1 N–H and O–H groups in total. The van der Waals surface area contributed by atoms with Crippen LogP contribution in [0.5, 0.6) is 0 Å². The summed E-state index contributed by atoms with van der Waals surface area (Å²) in [5, 5.41) is 7.81. The molecule has 0 bridgehead atoms. The van der Waals surface area contributed by atoms with Gasteiger partial charge in [0.25, 0.3) is 5.91 Å². The van der Waals surface area contributed by atoms with E-state index in [-0.39, 0.29) is 12.2 Å². The monoisotopic (exact) mass is 458 g/mol. The van der Waals surface area contributed by atoms with Crippen LogP contribution in [0.1, 0.15) is 21.6 Å². The molecule has 1 amide bonds. The van der Waals surface area contributed by atoms with Gasteiger partial charge in [0.2, 0.25) is 0 Å². The predicted molar refractivity (Wildman–Crippen MR) is 116 cm³/mol. The maximum absolute atomic E-state index is 13.0. The fourth-order valence-electron chi connectivity index (χ4n) is 3.30. The molecule has 0 saturated carbocycles. The average Bonchev–Trinajstić information content (AvgIpc) is 3.38. The molecule has 0 fully saturated rings. The Hall–Kier alpha value is -3.52. The zero-order chi connectivity index (χ0) is 22.9. The van der Waals surface area contributed by atoms with Gasteiger partial charge in [-0.2, -0.15) is 18.3 Å². The summed E-state index contributed by atoms with van der Waals surface area (Å²) >= 11 is 5.98. The third kappa shape index (κ3) is 4.55. The first-order valence-corrected chi connectivity index (χ1v) is 10.0. The van der Waals surface area contributed by atoms with Gasteiger partial charge in [-0.15, -0.1) is 0 Å². The van der Waals surface area contributed by atoms with E-state index in [4.69, 9.17) is 11.6 Å². The van der Waals surface area contributed by atoms with Gasteiger partial charge in [0.15, 0.2) is 0 Å². The average molecular weight is 459 g/mol. The first kappa shape index (κ1) is 21.7. The van der Waals surface area contributed by atoms with Crippen LogP contribution in [0.25, 0.3) is 17.1 Å². The summed E-state index contributed by atoms with van der Waals surface area (Å²) in [6, 6.07) is 17.1. The molecule has 0 aliphatic heterocycles. The summed E-state index contributed by atoms with van der Waals surface area (Å²) in [4.78, 5) is 13.0. The molecule has 0 radical (unpaired) electrons. The largest absolute Gasteiger partial charge is 0.416 e. The van der Waals surface area contributed by atoms with Crippen LogP contribution in [0.2, 0.25) is 5.02 Å². The number of nitrogens with zero attached hydrogens (tertiary/aromatic N) is 3. The lowest BCUT2D eigenvalue weighted by Crippen LogP contribution is -2.25. The van der Waals surface area contributed by atoms with Crippen LogP contribution in [0.3, 0.4) is 0 Å². The summed E-state index contributed by atoms with van der Waals surface area (Å²) in [6.45, 7) is -0.0615. The number of amides is 1. The van der Waals surface area contributed by atoms with Gasteiger partial charge < -0.3 is 9.88 Å². The summed E-state index contributed by atoms with van der Waals surface area (Å²) in [6.07, 6.45) is -2.58. The van der Waals surface area contributed by atoms with Crippen LogP contribution >= 0.6 is 11.6 Å². The Morgan fingerprint density at radius 1 is 1.06 bits per heavy atom. The van der Waals surface area contributed by atoms with E-state index < -0.39 is 17.6 Å². The molecule has 0 saturated heterocycles. The van der Waals surface area contributed by atoms with E-state index >= 15 is 0 Å². The van der Waals surface area contributed by atoms with Crippen molar-refractivity contribution in [2.45, 2.75) is 12.7 Å². The van der Waals surface area contributed by atoms with E-state index in [0.29, 0.717) is 22.0 Å². The number of carbonyl (C=O) groups is 1. The Bertz CT molecular complexity index is 1260. The normalized spacial score (nSPS) is 11.5. The highest BCUT2D eigenvalue weighted by molar-refractivity contribution is 6.30. The SMILES string of the molecule is Cn1cccc1-c1cc(C(=O)NCc2cccc(C(F)(F)F)c2)n(-c2ccc(Cl)cc2)n1. The number of alkyl halides is 3. The van der Waals surface area contributed by atoms with Crippen molar-refractivity contribution in [3.8, 4) is 17.1 Å². The third-order valence-corrected chi connectivity index (χ3v) is 5.18. The molecule has 2 aromatic carbocycles. The van der Waals surface area contributed by atoms with Crippen molar-refractivity contribution < 1.29 is 18.0 Å². The summed E-state index contributed by atoms with van der Waals surface area (Å²) in [5.74, 6) is -0.467. The number of rotatable bonds is 5. The van der Waals surface area contributed by atoms with Crippen LogP contribution in [-0.2, 0) is 19.8 Å². The molecular formula is C23H18ClF3N4O. The molecule has 0 unspecified atom stereocenters. The van der Waals surface area contributed by atoms with Crippen LogP contribution in [0.15, 0.2) is 72.9 Å². The maximum Gasteiger partial charge on any atom is 0.416 e. The van der Waals surface area contributed by atoms with E-state index in [1.54, 1.807) is 30.3 Å². The quantitative estimate of drug-likeness (QED) is 0.430. The predicted octanol–water partition coefficient (Wildman–Crippen LogP) is 5.48. The first-order chi connectivity index (χ1) is 15.2. The van der Waals surface area contributed by atoms with Gasteiger partial charge >= 0.3 is 6.18 Å². The fraction of sp³-hybridized carbons (Fsp3) is 0.130. The minimum absolute atomic E-state index is 0.0615. The van der Waals surface area contributed by atoms with Crippen molar-refractivity contribution in [3.05, 3.63) is 94.8 Å². The first-order valence-electron chi connectivity index (χ1n) is 9.64. The van der Waals surface area contributed by atoms with Crippen molar-refractivity contribution >= 4 is 17.5 Å². The van der Waals surface area contributed by atoms with E-state index in [1.807, 2.05) is 29.9 Å². The van der Waals surface area contributed by atoms with Gasteiger partial charge in [-0.05, 0) is 60.2 Å². The van der Waals surface area contributed by atoms with Gasteiger partial charge in [-0.25, -0.2) is 4.68 Å². The minimum Gasteiger partial charge on any atom is -0.349 e. The van der Waals surface area contributed by atoms with Gasteiger partial charge in [0.1, 0.15) is 11.4 Å². The molecule has 32 heavy (non-hydrogen) atoms. The number of aromatic nitrogens is 3. The molecule has 2 aromatic heterocycles. The second kappa shape index (κ2) is 8.55. The number of nitrogens with one attached hydrogen (secondary N) is 1. The van der Waals surface area contributed by atoms with E-state index in [1.165, 1.54) is 16.8 Å². The highest BCUT2D eigenvalue weighted by Crippen LogP contribution is 2.29. The summed E-state index contributed by atoms with van der Waals surface area (Å²) < 4.78 is 42.2. The Morgan fingerprint density at radius 3 is 2.47 bits per heavy atom. The topological polar surface area (TPSA) is 51.9 Å². The Morgan fingerprint density at radius 2 is 1.81 bits per heavy atom. The second-order valence-electron chi connectivity index (χ2n) is 7.19. The van der Waals surface area contributed by atoms with Crippen LogP contribution < -0.4 is 5.32 Å². The van der Waals surface area contributed by atoms with E-state index in [2.05, 4.69) is 10.4 Å². The summed E-state index contributed by atoms with van der Waals surface area (Å²) in [7, 11) is 1.87. The van der Waals surface area contributed by atoms with Crippen molar-refractivity contribution in [1.82, 2.24) is 19.7 Å². The Kier molecular flexibility index (Phi) is 5.80. The second-order valence-corrected chi connectivity index (χ2v) is 7.62. The highest BCUT2D eigenvalue weighted by atomic mass is 35.5. The molecule has 4 aromatic rings. The zero-order valence-electron chi connectivity index (χ0n) is 16.9. The molecule has 9 heteroatoms. The molecule has 2 heterocycles. The molecule has 0 spiro atoms. The molecule has 164 valence electrons. The van der Waals surface area contributed by atoms with Gasteiger partial charge in [-0.1, -0.05) is 23.7 Å². The fourth-order valence-corrected chi connectivity index (χ4v) is 3.43. The van der Waals surface area contributed by atoms with E-state index in [9.17, 15) is 18.0 Å². The lowest BCUT2D eigenvalue weighted by atomic mass is 10.1. The van der Waals surface area contributed by atoms with Gasteiger partial charge in [0, 0.05) is 24.8 Å². The molecule has 0 aliphatic rings. The highest BCUT2D eigenvalue weighted by Gasteiger charge is 2.30. The van der Waals surface area contributed by atoms with Crippen molar-refractivity contribution in [2.24, 2.45) is 7.05 Å². The lowest BCUT2D eigenvalue weighted by molar-refractivity contribution is -0.137. The number of carbonyl (C=O) groups excluding carboxylic acids is 1. The van der Waals surface area contributed by atoms with Crippen LogP contribution in [0.4, 0.5) is 13.2 Å². The number of aryl methyl sites for hydroxylation is 1. The molecule has 0 aliphatic carbocycles. The van der Waals surface area contributed by atoms with Crippen molar-refractivity contribution in [2.75, 3.05) is 0 Å². The number of benzene rings is 2. The number of halogens is 4. The number of hydrogen-bond donors (Lipinski definition) is 1. The van der Waals surface area contributed by atoms with Gasteiger partial charge in [-0.3, -0.25) is 4.79 Å². The lowest BCUT2D eigenvalue weighted by Gasteiger charge is -2.11. The molecule has 0 atom stereocenters. The van der Waals surface area contributed by atoms with Crippen LogP contribution in [-0.4, -0.2) is 20.3 Å². The zero-order valence-corrected chi connectivity index (χ0v) is 17.7. The Balaban J connectivity index is 1.64. The minimum atomic E-state index is -4.45. The standard InChI is InChI=1S/C23H18ClF3N4O/c1-30-11-3-6-20(30)19-13-21(31(29-19)18-9-7-17(24)8-10-18)22(32)28-14-15-4-2-5-16(12-15)23(25,26)27/h2-13H,14H2,1H3,(H,28,32). The number of hydrogen-bond acceptors (Lipinski definition) is 2. The smallest absolute Gasteiger partial charge is 0.349 e.